The van der Waals surface area contributed by atoms with Crippen molar-refractivity contribution in [1.82, 2.24) is 14.9 Å². The third-order valence-corrected chi connectivity index (χ3v) is 7.42. The van der Waals surface area contributed by atoms with Crippen LogP contribution in [0.15, 0.2) is 42.5 Å². The van der Waals surface area contributed by atoms with Gasteiger partial charge in [0.15, 0.2) is 0 Å². The highest BCUT2D eigenvalue weighted by atomic mass is 16.3. The lowest BCUT2D eigenvalue weighted by atomic mass is 9.87. The van der Waals surface area contributed by atoms with Gasteiger partial charge in [0.1, 0.15) is 5.82 Å². The highest BCUT2D eigenvalue weighted by molar-refractivity contribution is 5.96. The van der Waals surface area contributed by atoms with Gasteiger partial charge in [-0.05, 0) is 74.9 Å². The van der Waals surface area contributed by atoms with E-state index in [2.05, 4.69) is 18.0 Å². The van der Waals surface area contributed by atoms with Crippen LogP contribution in [0.2, 0.25) is 0 Å². The number of carbonyl (C=O) groups is 1. The fourth-order valence-electron chi connectivity index (χ4n) is 5.18. The smallest absolute Gasteiger partial charge is 0.253 e. The number of hydrogen-bond acceptors (Lipinski definition) is 4. The minimum Gasteiger partial charge on any atom is -0.393 e. The summed E-state index contributed by atoms with van der Waals surface area (Å²) in [6.07, 6.45) is 3.35. The molecule has 1 aliphatic heterocycles. The van der Waals surface area contributed by atoms with Crippen molar-refractivity contribution in [2.75, 3.05) is 13.1 Å². The van der Waals surface area contributed by atoms with Crippen molar-refractivity contribution in [3.05, 3.63) is 76.2 Å². The van der Waals surface area contributed by atoms with E-state index < -0.39 is 0 Å². The number of amides is 1. The standard InChI is InChI=1S/C28H30N4O2/c1-17-3-6-22(28(34)32-15-23(16-32)20-7-4-19(14-29)5-8-20)13-25(17)26-18(2)30-27(31-26)21-9-11-24(33)12-10-21/h3-8,13,21,23-24,33H,9-12,15-16H2,1-2H3,(H,30,31). The Balaban J connectivity index is 1.31. The second-order valence-corrected chi connectivity index (χ2v) is 9.76. The van der Waals surface area contributed by atoms with Crippen LogP contribution in [0.25, 0.3) is 11.3 Å². The van der Waals surface area contributed by atoms with E-state index >= 15 is 0 Å². The number of imidazole rings is 1. The first-order chi connectivity index (χ1) is 16.4. The zero-order chi connectivity index (χ0) is 23.8. The molecule has 2 fully saturated rings. The van der Waals surface area contributed by atoms with Crippen molar-refractivity contribution in [1.29, 1.82) is 5.26 Å². The fourth-order valence-corrected chi connectivity index (χ4v) is 5.18. The van der Waals surface area contributed by atoms with Crippen LogP contribution in [0.1, 0.15) is 76.1 Å². The number of H-pyrrole nitrogens is 1. The molecule has 34 heavy (non-hydrogen) atoms. The maximum Gasteiger partial charge on any atom is 0.253 e. The average molecular weight is 455 g/mol. The van der Waals surface area contributed by atoms with Crippen LogP contribution < -0.4 is 0 Å². The molecule has 2 aromatic carbocycles. The molecule has 1 aromatic heterocycles. The molecule has 1 saturated heterocycles. The molecular formula is C28H30N4O2. The molecule has 0 bridgehead atoms. The number of nitrogens with one attached hydrogen (secondary N) is 1. The van der Waals surface area contributed by atoms with E-state index in [0.29, 0.717) is 36.1 Å². The summed E-state index contributed by atoms with van der Waals surface area (Å²) >= 11 is 0. The van der Waals surface area contributed by atoms with Crippen LogP contribution in [0, 0.1) is 25.2 Å². The van der Waals surface area contributed by atoms with Gasteiger partial charge in [0.2, 0.25) is 0 Å². The largest absolute Gasteiger partial charge is 0.393 e. The van der Waals surface area contributed by atoms with Crippen molar-refractivity contribution in [3.63, 3.8) is 0 Å². The number of nitrogens with zero attached hydrogens (tertiary/aromatic N) is 3. The first-order valence-corrected chi connectivity index (χ1v) is 12.1. The number of rotatable bonds is 4. The number of hydrogen-bond donors (Lipinski definition) is 2. The topological polar surface area (TPSA) is 93.0 Å². The van der Waals surface area contributed by atoms with Gasteiger partial charge >= 0.3 is 0 Å². The van der Waals surface area contributed by atoms with E-state index in [0.717, 1.165) is 54.0 Å². The first kappa shape index (κ1) is 22.4. The summed E-state index contributed by atoms with van der Waals surface area (Å²) in [6.45, 7) is 5.45. The summed E-state index contributed by atoms with van der Waals surface area (Å²) in [7, 11) is 0. The molecule has 0 atom stereocenters. The molecule has 1 amide bonds. The molecular weight excluding hydrogens is 424 g/mol. The number of aryl methyl sites for hydroxylation is 2. The number of nitriles is 1. The van der Waals surface area contributed by atoms with Gasteiger partial charge in [0, 0.05) is 36.1 Å². The lowest BCUT2D eigenvalue weighted by molar-refractivity contribution is 0.0602. The highest BCUT2D eigenvalue weighted by Gasteiger charge is 2.32. The Bertz CT molecular complexity index is 1240. The summed E-state index contributed by atoms with van der Waals surface area (Å²) in [5.74, 6) is 1.70. The van der Waals surface area contributed by atoms with E-state index in [9.17, 15) is 9.90 Å². The van der Waals surface area contributed by atoms with Crippen LogP contribution in [0.5, 0.6) is 0 Å². The quantitative estimate of drug-likeness (QED) is 0.591. The van der Waals surface area contributed by atoms with E-state index in [1.165, 1.54) is 5.56 Å². The highest BCUT2D eigenvalue weighted by Crippen LogP contribution is 2.35. The van der Waals surface area contributed by atoms with Crippen LogP contribution in [-0.2, 0) is 0 Å². The fraction of sp³-hybridized carbons (Fsp3) is 0.393. The molecule has 2 heterocycles. The predicted molar refractivity (Wildman–Crippen MR) is 131 cm³/mol. The molecule has 2 aliphatic rings. The van der Waals surface area contributed by atoms with E-state index in [1.807, 2.05) is 54.3 Å². The lowest BCUT2D eigenvalue weighted by Crippen LogP contribution is -2.48. The zero-order valence-corrected chi connectivity index (χ0v) is 19.7. The van der Waals surface area contributed by atoms with E-state index in [4.69, 9.17) is 10.2 Å². The maximum atomic E-state index is 13.2. The molecule has 0 spiro atoms. The Kier molecular flexibility index (Phi) is 5.97. The molecule has 0 unspecified atom stereocenters. The third-order valence-electron chi connectivity index (χ3n) is 7.42. The number of aliphatic hydroxyl groups is 1. The van der Waals surface area contributed by atoms with Crippen molar-refractivity contribution < 1.29 is 9.90 Å². The van der Waals surface area contributed by atoms with Crippen LogP contribution >= 0.6 is 0 Å². The molecule has 6 heteroatoms. The van der Waals surface area contributed by atoms with Crippen LogP contribution in [0.4, 0.5) is 0 Å². The maximum absolute atomic E-state index is 13.2. The molecule has 1 saturated carbocycles. The molecule has 1 aliphatic carbocycles. The summed E-state index contributed by atoms with van der Waals surface area (Å²) < 4.78 is 0. The Morgan fingerprint density at radius 1 is 1.06 bits per heavy atom. The monoisotopic (exact) mass is 454 g/mol. The minimum absolute atomic E-state index is 0.0461. The van der Waals surface area contributed by atoms with Crippen LogP contribution in [0.3, 0.4) is 0 Å². The molecule has 174 valence electrons. The Morgan fingerprint density at radius 3 is 2.44 bits per heavy atom. The number of aromatic amines is 1. The minimum atomic E-state index is -0.185. The number of carbonyl (C=O) groups excluding carboxylic acids is 1. The van der Waals surface area contributed by atoms with Gasteiger partial charge < -0.3 is 15.0 Å². The van der Waals surface area contributed by atoms with Gasteiger partial charge in [-0.1, -0.05) is 18.2 Å². The predicted octanol–water partition coefficient (Wildman–Crippen LogP) is 4.82. The number of aliphatic hydroxyl groups excluding tert-OH is 1. The summed E-state index contributed by atoms with van der Waals surface area (Å²) in [6, 6.07) is 15.7. The van der Waals surface area contributed by atoms with Gasteiger partial charge in [0.05, 0.1) is 29.1 Å². The zero-order valence-electron chi connectivity index (χ0n) is 19.7. The van der Waals surface area contributed by atoms with E-state index in [-0.39, 0.29) is 12.0 Å². The molecule has 6 nitrogen and oxygen atoms in total. The molecule has 5 rings (SSSR count). The third kappa shape index (κ3) is 4.24. The Morgan fingerprint density at radius 2 is 1.76 bits per heavy atom. The second-order valence-electron chi connectivity index (χ2n) is 9.76. The summed E-state index contributed by atoms with van der Waals surface area (Å²) in [4.78, 5) is 23.4. The summed E-state index contributed by atoms with van der Waals surface area (Å²) in [5.41, 5.74) is 6.56. The van der Waals surface area contributed by atoms with Crippen molar-refractivity contribution in [2.45, 2.75) is 57.5 Å². The molecule has 0 radical (unpaired) electrons. The molecule has 3 aromatic rings. The lowest BCUT2D eigenvalue weighted by Gasteiger charge is -2.39. The number of aromatic nitrogens is 2. The van der Waals surface area contributed by atoms with Crippen molar-refractivity contribution >= 4 is 5.91 Å². The van der Waals surface area contributed by atoms with Gasteiger partial charge in [0.25, 0.3) is 5.91 Å². The second kappa shape index (κ2) is 9.08. The van der Waals surface area contributed by atoms with Crippen molar-refractivity contribution in [2.24, 2.45) is 0 Å². The SMILES string of the molecule is Cc1ccc(C(=O)N2CC(c3ccc(C#N)cc3)C2)cc1-c1[nH]c(C2CCC(O)CC2)nc1C. The van der Waals surface area contributed by atoms with E-state index in [1.54, 1.807) is 0 Å². The summed E-state index contributed by atoms with van der Waals surface area (Å²) in [5, 5.41) is 18.8. The van der Waals surface area contributed by atoms with Gasteiger partial charge in [-0.15, -0.1) is 0 Å². The normalized spacial score (nSPS) is 20.6. The average Bonchev–Trinajstić information content (AvgIpc) is 3.20. The molecule has 2 N–H and O–H groups in total. The van der Waals surface area contributed by atoms with Gasteiger partial charge in [-0.2, -0.15) is 5.26 Å². The van der Waals surface area contributed by atoms with Gasteiger partial charge in [-0.25, -0.2) is 4.98 Å². The number of likely N-dealkylation sites (tertiary alicyclic amines) is 1. The van der Waals surface area contributed by atoms with Crippen LogP contribution in [-0.4, -0.2) is 45.1 Å². The Labute approximate surface area is 200 Å². The first-order valence-electron chi connectivity index (χ1n) is 12.1. The Hall–Kier alpha value is -3.43. The number of benzene rings is 2. The van der Waals surface area contributed by atoms with Gasteiger partial charge in [-0.3, -0.25) is 4.79 Å². The van der Waals surface area contributed by atoms with Crippen molar-refractivity contribution in [3.8, 4) is 17.3 Å².